The highest BCUT2D eigenvalue weighted by molar-refractivity contribution is 5.78. The van der Waals surface area contributed by atoms with Crippen LogP contribution in [0.3, 0.4) is 0 Å². The summed E-state index contributed by atoms with van der Waals surface area (Å²) in [6.07, 6.45) is 0. The van der Waals surface area contributed by atoms with Crippen LogP contribution in [0.4, 0.5) is 5.69 Å². The SMILES string of the molecule is Cc1ccc(N)c(C)c1OCC(=O)NC(C)(C)C. The van der Waals surface area contributed by atoms with E-state index >= 15 is 0 Å². The lowest BCUT2D eigenvalue weighted by molar-refractivity contribution is -0.124. The van der Waals surface area contributed by atoms with Gasteiger partial charge in [0.2, 0.25) is 0 Å². The molecule has 0 saturated carbocycles. The van der Waals surface area contributed by atoms with Crippen molar-refractivity contribution in [3.63, 3.8) is 0 Å². The van der Waals surface area contributed by atoms with E-state index in [-0.39, 0.29) is 18.1 Å². The Bertz CT molecular complexity index is 448. The Labute approximate surface area is 109 Å². The summed E-state index contributed by atoms with van der Waals surface area (Å²) < 4.78 is 5.56. The fraction of sp³-hybridized carbons (Fsp3) is 0.500. The van der Waals surface area contributed by atoms with Crippen molar-refractivity contribution >= 4 is 11.6 Å². The maximum absolute atomic E-state index is 11.7. The summed E-state index contributed by atoms with van der Waals surface area (Å²) in [5.41, 5.74) is 8.09. The van der Waals surface area contributed by atoms with Crippen LogP contribution >= 0.6 is 0 Å². The lowest BCUT2D eigenvalue weighted by Gasteiger charge is -2.21. The van der Waals surface area contributed by atoms with Crippen molar-refractivity contribution in [3.05, 3.63) is 23.3 Å². The van der Waals surface area contributed by atoms with Crippen molar-refractivity contribution in [1.82, 2.24) is 5.32 Å². The predicted molar refractivity (Wildman–Crippen MR) is 73.7 cm³/mol. The zero-order chi connectivity index (χ0) is 13.9. The van der Waals surface area contributed by atoms with Crippen LogP contribution in [0, 0.1) is 13.8 Å². The summed E-state index contributed by atoms with van der Waals surface area (Å²) in [7, 11) is 0. The predicted octanol–water partition coefficient (Wildman–Crippen LogP) is 2.18. The lowest BCUT2D eigenvalue weighted by atomic mass is 10.1. The highest BCUT2D eigenvalue weighted by Gasteiger charge is 2.15. The van der Waals surface area contributed by atoms with Crippen molar-refractivity contribution in [2.45, 2.75) is 40.2 Å². The monoisotopic (exact) mass is 250 g/mol. The van der Waals surface area contributed by atoms with Gasteiger partial charge in [0, 0.05) is 16.8 Å². The topological polar surface area (TPSA) is 64.3 Å². The molecule has 1 amide bonds. The summed E-state index contributed by atoms with van der Waals surface area (Å²) >= 11 is 0. The van der Waals surface area contributed by atoms with Crippen LogP contribution in [-0.4, -0.2) is 18.1 Å². The van der Waals surface area contributed by atoms with Gasteiger partial charge < -0.3 is 15.8 Å². The van der Waals surface area contributed by atoms with Gasteiger partial charge in [-0.05, 0) is 46.2 Å². The van der Waals surface area contributed by atoms with Crippen LogP contribution in [0.15, 0.2) is 12.1 Å². The van der Waals surface area contributed by atoms with Crippen LogP contribution in [0.2, 0.25) is 0 Å². The first-order chi connectivity index (χ1) is 8.20. The standard InChI is InChI=1S/C14H22N2O2/c1-9-6-7-11(15)10(2)13(9)18-8-12(17)16-14(3,4)5/h6-7H,8,15H2,1-5H3,(H,16,17). The zero-order valence-electron chi connectivity index (χ0n) is 11.8. The molecular weight excluding hydrogens is 228 g/mol. The molecule has 0 atom stereocenters. The van der Waals surface area contributed by atoms with E-state index < -0.39 is 0 Å². The molecule has 0 bridgehead atoms. The molecule has 1 rings (SSSR count). The molecule has 0 aliphatic heterocycles. The Morgan fingerprint density at radius 2 is 1.94 bits per heavy atom. The Morgan fingerprint density at radius 1 is 1.33 bits per heavy atom. The van der Waals surface area contributed by atoms with Crippen molar-refractivity contribution < 1.29 is 9.53 Å². The third-order valence-electron chi connectivity index (χ3n) is 2.51. The number of amides is 1. The second-order valence-corrected chi connectivity index (χ2v) is 5.51. The Balaban J connectivity index is 2.70. The van der Waals surface area contributed by atoms with E-state index in [4.69, 9.17) is 10.5 Å². The van der Waals surface area contributed by atoms with Crippen LogP contribution < -0.4 is 15.8 Å². The first-order valence-corrected chi connectivity index (χ1v) is 6.00. The van der Waals surface area contributed by atoms with Gasteiger partial charge in [-0.1, -0.05) is 6.07 Å². The molecule has 0 aliphatic rings. The summed E-state index contributed by atoms with van der Waals surface area (Å²) in [5.74, 6) is 0.558. The molecule has 0 spiro atoms. The third kappa shape index (κ3) is 3.95. The van der Waals surface area contributed by atoms with Gasteiger partial charge in [-0.15, -0.1) is 0 Å². The molecule has 4 heteroatoms. The van der Waals surface area contributed by atoms with Crippen LogP contribution in [0.25, 0.3) is 0 Å². The summed E-state index contributed by atoms with van der Waals surface area (Å²) in [5, 5.41) is 2.85. The molecule has 0 heterocycles. The summed E-state index contributed by atoms with van der Waals surface area (Å²) in [4.78, 5) is 11.7. The first-order valence-electron chi connectivity index (χ1n) is 6.00. The van der Waals surface area contributed by atoms with E-state index in [1.54, 1.807) is 0 Å². The van der Waals surface area contributed by atoms with Crippen molar-refractivity contribution in [2.24, 2.45) is 0 Å². The second kappa shape index (κ2) is 5.29. The number of aryl methyl sites for hydroxylation is 1. The molecule has 4 nitrogen and oxygen atoms in total. The minimum atomic E-state index is -0.250. The number of rotatable bonds is 3. The fourth-order valence-corrected chi connectivity index (χ4v) is 1.66. The van der Waals surface area contributed by atoms with Crippen molar-refractivity contribution in [2.75, 3.05) is 12.3 Å². The van der Waals surface area contributed by atoms with Gasteiger partial charge in [0.15, 0.2) is 6.61 Å². The minimum Gasteiger partial charge on any atom is -0.483 e. The van der Waals surface area contributed by atoms with Crippen LogP contribution in [0.5, 0.6) is 5.75 Å². The van der Waals surface area contributed by atoms with E-state index in [0.717, 1.165) is 11.1 Å². The molecule has 0 saturated heterocycles. The summed E-state index contributed by atoms with van der Waals surface area (Å²) in [6, 6.07) is 3.73. The molecule has 0 aliphatic carbocycles. The average Bonchev–Trinajstić information content (AvgIpc) is 2.21. The molecule has 1 aromatic carbocycles. The Hall–Kier alpha value is -1.71. The number of nitrogen functional groups attached to an aromatic ring is 1. The number of ether oxygens (including phenoxy) is 1. The van der Waals surface area contributed by atoms with Crippen LogP contribution in [-0.2, 0) is 4.79 Å². The molecule has 100 valence electrons. The number of hydrogen-bond acceptors (Lipinski definition) is 3. The molecule has 18 heavy (non-hydrogen) atoms. The minimum absolute atomic E-state index is 0.00238. The van der Waals surface area contributed by atoms with Crippen molar-refractivity contribution in [1.29, 1.82) is 0 Å². The lowest BCUT2D eigenvalue weighted by Crippen LogP contribution is -2.43. The quantitative estimate of drug-likeness (QED) is 0.808. The fourth-order valence-electron chi connectivity index (χ4n) is 1.66. The molecule has 3 N–H and O–H groups in total. The van der Waals surface area contributed by atoms with E-state index in [1.807, 2.05) is 46.8 Å². The number of nitrogens with one attached hydrogen (secondary N) is 1. The van der Waals surface area contributed by atoms with Crippen LogP contribution in [0.1, 0.15) is 31.9 Å². The number of nitrogens with two attached hydrogens (primary N) is 1. The maximum atomic E-state index is 11.7. The molecule has 0 aromatic heterocycles. The number of anilines is 1. The molecular formula is C14H22N2O2. The second-order valence-electron chi connectivity index (χ2n) is 5.51. The van der Waals surface area contributed by atoms with Gasteiger partial charge in [-0.2, -0.15) is 0 Å². The number of carbonyl (C=O) groups is 1. The molecule has 1 aromatic rings. The first kappa shape index (κ1) is 14.4. The molecule has 0 radical (unpaired) electrons. The number of benzene rings is 1. The highest BCUT2D eigenvalue weighted by Crippen LogP contribution is 2.27. The summed E-state index contributed by atoms with van der Waals surface area (Å²) in [6.45, 7) is 9.62. The largest absolute Gasteiger partial charge is 0.483 e. The van der Waals surface area contributed by atoms with E-state index in [2.05, 4.69) is 5.32 Å². The highest BCUT2D eigenvalue weighted by atomic mass is 16.5. The maximum Gasteiger partial charge on any atom is 0.258 e. The van der Waals surface area contributed by atoms with Gasteiger partial charge in [0.1, 0.15) is 5.75 Å². The smallest absolute Gasteiger partial charge is 0.258 e. The Kier molecular flexibility index (Phi) is 4.22. The molecule has 0 unspecified atom stereocenters. The van der Waals surface area contributed by atoms with Gasteiger partial charge in [-0.25, -0.2) is 0 Å². The normalized spacial score (nSPS) is 11.2. The average molecular weight is 250 g/mol. The van der Waals surface area contributed by atoms with Gasteiger partial charge in [0.05, 0.1) is 0 Å². The van der Waals surface area contributed by atoms with E-state index in [0.29, 0.717) is 11.4 Å². The number of hydrogen-bond donors (Lipinski definition) is 2. The Morgan fingerprint density at radius 3 is 2.50 bits per heavy atom. The van der Waals surface area contributed by atoms with Gasteiger partial charge >= 0.3 is 0 Å². The van der Waals surface area contributed by atoms with Gasteiger partial charge in [0.25, 0.3) is 5.91 Å². The third-order valence-corrected chi connectivity index (χ3v) is 2.51. The van der Waals surface area contributed by atoms with E-state index in [1.165, 1.54) is 0 Å². The van der Waals surface area contributed by atoms with Crippen molar-refractivity contribution in [3.8, 4) is 5.75 Å². The number of carbonyl (C=O) groups excluding carboxylic acids is 1. The zero-order valence-corrected chi connectivity index (χ0v) is 11.8. The van der Waals surface area contributed by atoms with E-state index in [9.17, 15) is 4.79 Å². The molecule has 0 fully saturated rings. The van der Waals surface area contributed by atoms with Gasteiger partial charge in [-0.3, -0.25) is 4.79 Å².